The van der Waals surface area contributed by atoms with E-state index in [9.17, 15) is 0 Å². The summed E-state index contributed by atoms with van der Waals surface area (Å²) in [7, 11) is 0. The minimum absolute atomic E-state index is 0.316. The van der Waals surface area contributed by atoms with Gasteiger partial charge in [-0.1, -0.05) is 0 Å². The van der Waals surface area contributed by atoms with Gasteiger partial charge in [0.05, 0.1) is 30.0 Å². The van der Waals surface area contributed by atoms with Crippen molar-refractivity contribution >= 4 is 50.3 Å². The summed E-state index contributed by atoms with van der Waals surface area (Å²) < 4.78 is 6.63. The summed E-state index contributed by atoms with van der Waals surface area (Å²) >= 11 is 9.80. The Morgan fingerprint density at radius 1 is 1.13 bits per heavy atom. The van der Waals surface area contributed by atoms with Gasteiger partial charge in [0.25, 0.3) is 0 Å². The molecule has 2 unspecified atom stereocenters. The fourth-order valence-electron chi connectivity index (χ4n) is 4.62. The molecule has 10 heteroatoms. The number of piperazine rings is 1. The molecule has 2 aliphatic heterocycles. The van der Waals surface area contributed by atoms with Crippen LogP contribution in [0.4, 0.5) is 5.82 Å². The van der Waals surface area contributed by atoms with E-state index in [4.69, 9.17) is 16.3 Å². The van der Waals surface area contributed by atoms with Crippen LogP contribution in [0.25, 0.3) is 10.2 Å². The van der Waals surface area contributed by atoms with Gasteiger partial charge in [0.2, 0.25) is 5.28 Å². The first-order valence-corrected chi connectivity index (χ1v) is 12.8. The number of thiazole rings is 1. The summed E-state index contributed by atoms with van der Waals surface area (Å²) in [5, 5.41) is 3.57. The smallest absolute Gasteiger partial charge is 0.224 e. The van der Waals surface area contributed by atoms with Gasteiger partial charge < -0.3 is 9.64 Å². The quantitative estimate of drug-likeness (QED) is 0.518. The lowest BCUT2D eigenvalue weighted by atomic mass is 10.1. The molecule has 7 nitrogen and oxygen atoms in total. The summed E-state index contributed by atoms with van der Waals surface area (Å²) in [6.07, 6.45) is 1.90. The zero-order valence-corrected chi connectivity index (χ0v) is 20.2. The zero-order chi connectivity index (χ0) is 21.4. The second-order valence-electron chi connectivity index (χ2n) is 8.33. The van der Waals surface area contributed by atoms with E-state index >= 15 is 0 Å². The number of ether oxygens (including phenoxy) is 1. The third-order valence-corrected chi connectivity index (χ3v) is 8.08. The van der Waals surface area contributed by atoms with Crippen LogP contribution in [0, 0.1) is 0 Å². The topological polar surface area (TPSA) is 57.6 Å². The van der Waals surface area contributed by atoms with Crippen LogP contribution in [0.1, 0.15) is 23.7 Å². The number of rotatable bonds is 5. The zero-order valence-electron chi connectivity index (χ0n) is 17.8. The van der Waals surface area contributed by atoms with Crippen molar-refractivity contribution in [1.29, 1.82) is 0 Å². The van der Waals surface area contributed by atoms with Gasteiger partial charge in [-0.05, 0) is 31.5 Å². The highest BCUT2D eigenvalue weighted by molar-refractivity contribution is 7.19. The molecule has 0 bridgehead atoms. The maximum Gasteiger partial charge on any atom is 0.224 e. The Bertz CT molecular complexity index is 1010. The van der Waals surface area contributed by atoms with Crippen LogP contribution in [0.3, 0.4) is 0 Å². The number of nitrogens with zero attached hydrogens (tertiary/aromatic N) is 6. The van der Waals surface area contributed by atoms with E-state index in [0.29, 0.717) is 17.4 Å². The molecular weight excluding hydrogens is 452 g/mol. The third-order valence-electron chi connectivity index (χ3n) is 6.05. The number of thiophene rings is 1. The molecule has 0 amide bonds. The molecule has 0 N–H and O–H groups in total. The highest BCUT2D eigenvalue weighted by Gasteiger charge is 2.30. The maximum absolute atomic E-state index is 6.26. The largest absolute Gasteiger partial charge is 0.378 e. The van der Waals surface area contributed by atoms with Crippen molar-refractivity contribution in [3.63, 3.8) is 0 Å². The fraction of sp³-hybridized carbons (Fsp3) is 0.571. The molecule has 2 saturated heterocycles. The molecule has 0 saturated carbocycles. The lowest BCUT2D eigenvalue weighted by Gasteiger charge is -2.44. The Morgan fingerprint density at radius 2 is 1.90 bits per heavy atom. The van der Waals surface area contributed by atoms with Gasteiger partial charge in [-0.25, -0.2) is 9.97 Å². The number of morpholine rings is 1. The highest BCUT2D eigenvalue weighted by atomic mass is 35.5. The highest BCUT2D eigenvalue weighted by Crippen LogP contribution is 2.34. The second-order valence-corrected chi connectivity index (χ2v) is 10.8. The molecule has 166 valence electrons. The standard InChI is InChI=1S/C21H27ClN6OS2/c1-14-10-26(11-15(2)28(14)13-18-23-3-8-30-18)12-16-9-17-19(31-16)20(25-21(22)24-17)27-4-6-29-7-5-27/h3,8-9,14-15H,4-7,10-13H2,1-2H3. The first kappa shape index (κ1) is 21.5. The number of halogens is 1. The average Bonchev–Trinajstić information content (AvgIpc) is 3.40. The van der Waals surface area contributed by atoms with E-state index in [0.717, 1.165) is 68.5 Å². The van der Waals surface area contributed by atoms with Gasteiger partial charge in [-0.3, -0.25) is 9.80 Å². The molecule has 3 aromatic rings. The van der Waals surface area contributed by atoms with Gasteiger partial charge >= 0.3 is 0 Å². The maximum atomic E-state index is 6.26. The molecule has 0 aliphatic carbocycles. The van der Waals surface area contributed by atoms with Gasteiger partial charge in [0.15, 0.2) is 5.82 Å². The lowest BCUT2D eigenvalue weighted by molar-refractivity contribution is 0.0294. The van der Waals surface area contributed by atoms with Gasteiger partial charge in [-0.15, -0.1) is 22.7 Å². The lowest BCUT2D eigenvalue weighted by Crippen LogP contribution is -2.55. The van der Waals surface area contributed by atoms with Gasteiger partial charge in [0.1, 0.15) is 5.01 Å². The van der Waals surface area contributed by atoms with Crippen LogP contribution in [0.2, 0.25) is 5.28 Å². The molecule has 3 aromatic heterocycles. The molecule has 2 atom stereocenters. The van der Waals surface area contributed by atoms with Crippen LogP contribution in [-0.2, 0) is 17.8 Å². The van der Waals surface area contributed by atoms with E-state index in [2.05, 4.69) is 54.9 Å². The number of hydrogen-bond acceptors (Lipinski definition) is 9. The Kier molecular flexibility index (Phi) is 6.41. The van der Waals surface area contributed by atoms with Crippen molar-refractivity contribution in [2.75, 3.05) is 44.3 Å². The molecule has 31 heavy (non-hydrogen) atoms. The molecule has 2 aliphatic rings. The molecule has 2 fully saturated rings. The van der Waals surface area contributed by atoms with Crippen molar-refractivity contribution in [2.24, 2.45) is 0 Å². The van der Waals surface area contributed by atoms with Crippen molar-refractivity contribution in [3.05, 3.63) is 32.8 Å². The Hall–Kier alpha value is -1.36. The van der Waals surface area contributed by atoms with E-state index < -0.39 is 0 Å². The molecule has 5 rings (SSSR count). The Morgan fingerprint density at radius 3 is 2.61 bits per heavy atom. The average molecular weight is 479 g/mol. The van der Waals surface area contributed by atoms with Gasteiger partial charge in [0, 0.05) is 61.3 Å². The van der Waals surface area contributed by atoms with Crippen molar-refractivity contribution in [2.45, 2.75) is 39.0 Å². The second kappa shape index (κ2) is 9.25. The Balaban J connectivity index is 1.31. The number of hydrogen-bond donors (Lipinski definition) is 0. The summed E-state index contributed by atoms with van der Waals surface area (Å²) in [5.41, 5.74) is 0.949. The van der Waals surface area contributed by atoms with E-state index in [1.54, 1.807) is 22.7 Å². The van der Waals surface area contributed by atoms with Crippen molar-refractivity contribution in [1.82, 2.24) is 24.8 Å². The molecule has 0 aromatic carbocycles. The first-order valence-electron chi connectivity index (χ1n) is 10.7. The molecule has 0 radical (unpaired) electrons. The summed E-state index contributed by atoms with van der Waals surface area (Å²) in [4.78, 5) is 22.2. The van der Waals surface area contributed by atoms with Crippen molar-refractivity contribution in [3.8, 4) is 0 Å². The minimum Gasteiger partial charge on any atom is -0.378 e. The molecule has 0 spiro atoms. The first-order chi connectivity index (χ1) is 15.1. The number of anilines is 1. The van der Waals surface area contributed by atoms with Crippen molar-refractivity contribution < 1.29 is 4.74 Å². The van der Waals surface area contributed by atoms with Crippen LogP contribution in [-0.4, -0.2) is 76.2 Å². The summed E-state index contributed by atoms with van der Waals surface area (Å²) in [6.45, 7) is 11.7. The normalized spacial score (nSPS) is 23.6. The molecular formula is C21H27ClN6OS2. The minimum atomic E-state index is 0.316. The van der Waals surface area contributed by atoms with Crippen LogP contribution >= 0.6 is 34.3 Å². The van der Waals surface area contributed by atoms with E-state index in [1.807, 2.05) is 6.20 Å². The van der Waals surface area contributed by atoms with E-state index in [-0.39, 0.29) is 0 Å². The number of aromatic nitrogens is 3. The predicted molar refractivity (Wildman–Crippen MR) is 127 cm³/mol. The predicted octanol–water partition coefficient (Wildman–Crippen LogP) is 3.73. The van der Waals surface area contributed by atoms with Crippen LogP contribution in [0.15, 0.2) is 17.6 Å². The third kappa shape index (κ3) is 4.72. The summed E-state index contributed by atoms with van der Waals surface area (Å²) in [6, 6.07) is 3.16. The van der Waals surface area contributed by atoms with E-state index in [1.165, 1.54) is 9.88 Å². The van der Waals surface area contributed by atoms with Crippen LogP contribution in [0.5, 0.6) is 0 Å². The Labute approximate surface area is 195 Å². The SMILES string of the molecule is CC1CN(Cc2cc3nc(Cl)nc(N4CCOCC4)c3s2)CC(C)N1Cc1nccs1. The van der Waals surface area contributed by atoms with Gasteiger partial charge in [-0.2, -0.15) is 4.98 Å². The summed E-state index contributed by atoms with van der Waals surface area (Å²) in [5.74, 6) is 0.949. The fourth-order valence-corrected chi connectivity index (χ4v) is 6.57. The molecule has 5 heterocycles. The van der Waals surface area contributed by atoms with Crippen LogP contribution < -0.4 is 4.90 Å². The number of fused-ring (bicyclic) bond motifs is 1. The monoisotopic (exact) mass is 478 g/mol.